The zero-order chi connectivity index (χ0) is 19.3. The molecular weight excluding hydrogens is 344 g/mol. The first-order valence-corrected chi connectivity index (χ1v) is 9.96. The number of hydrogen-bond donors (Lipinski definition) is 0. The number of fused-ring (bicyclic) bond motifs is 2. The molecule has 0 radical (unpaired) electrons. The van der Waals surface area contributed by atoms with E-state index >= 15 is 0 Å². The number of carbonyl (C=O) groups excluding carboxylic acids is 3. The van der Waals surface area contributed by atoms with Crippen LogP contribution in [0.4, 0.5) is 0 Å². The van der Waals surface area contributed by atoms with E-state index in [2.05, 4.69) is 0 Å². The van der Waals surface area contributed by atoms with Crippen LogP contribution < -0.4 is 0 Å². The van der Waals surface area contributed by atoms with Gasteiger partial charge in [0.2, 0.25) is 17.7 Å². The molecule has 2 atom stereocenters. The number of piperazine rings is 1. The van der Waals surface area contributed by atoms with Crippen LogP contribution in [0.25, 0.3) is 0 Å². The van der Waals surface area contributed by atoms with E-state index in [0.29, 0.717) is 13.1 Å². The molecule has 5 rings (SSSR count). The average molecular weight is 374 g/mol. The smallest absolute Gasteiger partial charge is 0.246 e. The Morgan fingerprint density at radius 1 is 1.07 bits per heavy atom. The van der Waals surface area contributed by atoms with Crippen LogP contribution >= 0.6 is 0 Å². The Labute approximate surface area is 160 Å². The van der Waals surface area contributed by atoms with Crippen LogP contribution in [0, 0.1) is 11.3 Å². The molecule has 1 spiro atoms. The lowest BCUT2D eigenvalue weighted by atomic mass is 9.57. The molecule has 2 bridgehead atoms. The Morgan fingerprint density at radius 2 is 1.70 bits per heavy atom. The van der Waals surface area contributed by atoms with E-state index < -0.39 is 0 Å². The molecule has 1 aliphatic carbocycles. The monoisotopic (exact) mass is 374 g/mol. The Kier molecular flexibility index (Phi) is 4.53. The Morgan fingerprint density at radius 3 is 2.26 bits per heavy atom. The molecule has 5 aliphatic rings. The Balaban J connectivity index is 1.24. The molecular formula is C20H30N4O3. The van der Waals surface area contributed by atoms with Gasteiger partial charge in [-0.15, -0.1) is 0 Å². The first kappa shape index (κ1) is 18.5. The number of carbonyl (C=O) groups is 3. The standard InChI is InChI=1S/C20H30N4O3/c1-14(25)23-12-20(13-23)8-15(9-20)19(27)22-10-16-7-17(11-22)24(16)18(26)5-4-6-21(2)3/h4-5,15-17H,6-13H2,1-3H3/b5-4+. The summed E-state index contributed by atoms with van der Waals surface area (Å²) in [4.78, 5) is 44.4. The van der Waals surface area contributed by atoms with Crippen molar-refractivity contribution in [1.29, 1.82) is 0 Å². The van der Waals surface area contributed by atoms with Crippen LogP contribution in [0.3, 0.4) is 0 Å². The predicted molar refractivity (Wildman–Crippen MR) is 101 cm³/mol. The van der Waals surface area contributed by atoms with E-state index in [0.717, 1.165) is 38.9 Å². The van der Waals surface area contributed by atoms with Crippen molar-refractivity contribution in [3.05, 3.63) is 12.2 Å². The summed E-state index contributed by atoms with van der Waals surface area (Å²) in [6, 6.07) is 0.352. The number of hydrogen-bond acceptors (Lipinski definition) is 4. The molecule has 7 heteroatoms. The van der Waals surface area contributed by atoms with Gasteiger partial charge in [-0.1, -0.05) is 6.08 Å². The van der Waals surface area contributed by atoms with Gasteiger partial charge < -0.3 is 19.6 Å². The highest BCUT2D eigenvalue weighted by molar-refractivity contribution is 5.89. The highest BCUT2D eigenvalue weighted by Crippen LogP contribution is 2.52. The quantitative estimate of drug-likeness (QED) is 0.659. The highest BCUT2D eigenvalue weighted by atomic mass is 16.2. The molecule has 1 saturated carbocycles. The molecule has 27 heavy (non-hydrogen) atoms. The molecule has 7 nitrogen and oxygen atoms in total. The summed E-state index contributed by atoms with van der Waals surface area (Å²) in [6.45, 7) is 5.34. The SMILES string of the molecule is CC(=O)N1CC2(CC(C(=O)N3CC4CC(C3)N4C(=O)/C=C/CN(C)C)C2)C1. The maximum atomic E-state index is 12.8. The lowest BCUT2D eigenvalue weighted by Gasteiger charge is -2.60. The van der Waals surface area contributed by atoms with Crippen LogP contribution in [0.15, 0.2) is 12.2 Å². The van der Waals surface area contributed by atoms with Gasteiger partial charge >= 0.3 is 0 Å². The number of amides is 3. The molecule has 4 saturated heterocycles. The van der Waals surface area contributed by atoms with Gasteiger partial charge in [-0.3, -0.25) is 14.4 Å². The fourth-order valence-corrected chi connectivity index (χ4v) is 5.26. The molecule has 148 valence electrons. The third-order valence-corrected chi connectivity index (χ3v) is 6.70. The van der Waals surface area contributed by atoms with Crippen molar-refractivity contribution in [3.63, 3.8) is 0 Å². The Hall–Kier alpha value is -1.89. The minimum Gasteiger partial charge on any atom is -0.342 e. The molecule has 4 heterocycles. The second kappa shape index (κ2) is 6.62. The van der Waals surface area contributed by atoms with Gasteiger partial charge in [0, 0.05) is 57.1 Å². The third-order valence-electron chi connectivity index (χ3n) is 6.70. The lowest BCUT2D eigenvalue weighted by molar-refractivity contribution is -0.172. The number of piperidine rings is 1. The first-order valence-electron chi connectivity index (χ1n) is 9.96. The number of likely N-dealkylation sites (tertiary alicyclic amines) is 1. The minimum atomic E-state index is 0.0755. The second-order valence-electron chi connectivity index (χ2n) is 9.18. The van der Waals surface area contributed by atoms with E-state index in [-0.39, 0.29) is 41.1 Å². The molecule has 0 aromatic heterocycles. The summed E-state index contributed by atoms with van der Waals surface area (Å²) in [7, 11) is 3.95. The van der Waals surface area contributed by atoms with Crippen molar-refractivity contribution >= 4 is 17.7 Å². The van der Waals surface area contributed by atoms with Crippen molar-refractivity contribution in [2.45, 2.75) is 38.3 Å². The molecule has 5 fully saturated rings. The van der Waals surface area contributed by atoms with Crippen LogP contribution in [0.2, 0.25) is 0 Å². The molecule has 0 aromatic carbocycles. The van der Waals surface area contributed by atoms with Gasteiger partial charge in [0.25, 0.3) is 0 Å². The molecule has 2 unspecified atom stereocenters. The van der Waals surface area contributed by atoms with Gasteiger partial charge in [-0.25, -0.2) is 0 Å². The molecule has 3 amide bonds. The first-order chi connectivity index (χ1) is 12.8. The van der Waals surface area contributed by atoms with Gasteiger partial charge in [0.05, 0.1) is 12.1 Å². The fourth-order valence-electron chi connectivity index (χ4n) is 5.26. The van der Waals surface area contributed by atoms with E-state index in [1.165, 1.54) is 0 Å². The molecule has 0 aromatic rings. The van der Waals surface area contributed by atoms with Gasteiger partial charge in [0.15, 0.2) is 0 Å². The normalized spacial score (nSPS) is 29.0. The summed E-state index contributed by atoms with van der Waals surface area (Å²) in [5.41, 5.74) is 0.212. The summed E-state index contributed by atoms with van der Waals surface area (Å²) in [5.74, 6) is 0.579. The second-order valence-corrected chi connectivity index (χ2v) is 9.18. The third kappa shape index (κ3) is 3.26. The van der Waals surface area contributed by atoms with Gasteiger partial charge in [-0.05, 0) is 33.4 Å². The zero-order valence-corrected chi connectivity index (χ0v) is 16.6. The summed E-state index contributed by atoms with van der Waals surface area (Å²) in [5, 5.41) is 0. The largest absolute Gasteiger partial charge is 0.342 e. The topological polar surface area (TPSA) is 64.2 Å². The van der Waals surface area contributed by atoms with Crippen LogP contribution in [0.5, 0.6) is 0 Å². The van der Waals surface area contributed by atoms with Crippen molar-refractivity contribution in [1.82, 2.24) is 19.6 Å². The summed E-state index contributed by atoms with van der Waals surface area (Å²) in [6.07, 6.45) is 6.41. The highest BCUT2D eigenvalue weighted by Gasteiger charge is 2.57. The predicted octanol–water partition coefficient (Wildman–Crippen LogP) is 0.174. The van der Waals surface area contributed by atoms with E-state index in [9.17, 15) is 14.4 Å². The van der Waals surface area contributed by atoms with Gasteiger partial charge in [0.1, 0.15) is 0 Å². The maximum absolute atomic E-state index is 12.8. The van der Waals surface area contributed by atoms with Crippen LogP contribution in [-0.2, 0) is 14.4 Å². The van der Waals surface area contributed by atoms with Crippen LogP contribution in [-0.4, -0.2) is 96.2 Å². The van der Waals surface area contributed by atoms with Gasteiger partial charge in [-0.2, -0.15) is 0 Å². The number of nitrogens with zero attached hydrogens (tertiary/aromatic N) is 4. The molecule has 0 N–H and O–H groups in total. The summed E-state index contributed by atoms with van der Waals surface area (Å²) < 4.78 is 0. The molecule has 4 aliphatic heterocycles. The average Bonchev–Trinajstić information content (AvgIpc) is 2.51. The number of likely N-dealkylation sites (N-methyl/N-ethyl adjacent to an activating group) is 1. The van der Waals surface area contributed by atoms with Crippen molar-refractivity contribution < 1.29 is 14.4 Å². The van der Waals surface area contributed by atoms with E-state index in [1.54, 1.807) is 13.0 Å². The minimum absolute atomic E-state index is 0.0755. The van der Waals surface area contributed by atoms with E-state index in [1.807, 2.05) is 39.8 Å². The van der Waals surface area contributed by atoms with Crippen molar-refractivity contribution in [3.8, 4) is 0 Å². The fraction of sp³-hybridized carbons (Fsp3) is 0.750. The maximum Gasteiger partial charge on any atom is 0.246 e. The Bertz CT molecular complexity index is 663. The van der Waals surface area contributed by atoms with Crippen molar-refractivity contribution in [2.24, 2.45) is 11.3 Å². The summed E-state index contributed by atoms with van der Waals surface area (Å²) >= 11 is 0. The zero-order valence-electron chi connectivity index (χ0n) is 16.6. The van der Waals surface area contributed by atoms with Crippen LogP contribution in [0.1, 0.15) is 26.2 Å². The van der Waals surface area contributed by atoms with E-state index in [4.69, 9.17) is 0 Å². The number of rotatable bonds is 4. The van der Waals surface area contributed by atoms with Crippen molar-refractivity contribution in [2.75, 3.05) is 46.8 Å². The lowest BCUT2D eigenvalue weighted by Crippen LogP contribution is -2.72.